The molecule has 0 fully saturated rings. The molecule has 3 amide bonds. The SMILES string of the molecule is CC(NC(=O)CN1C(=O)c2ccccc2C1=O)c1ccc(F)cc1F. The lowest BCUT2D eigenvalue weighted by Crippen LogP contribution is -2.41. The third kappa shape index (κ3) is 3.13. The summed E-state index contributed by atoms with van der Waals surface area (Å²) in [6.45, 7) is 1.05. The summed E-state index contributed by atoms with van der Waals surface area (Å²) >= 11 is 0. The summed E-state index contributed by atoms with van der Waals surface area (Å²) in [7, 11) is 0. The molecule has 2 aromatic carbocycles. The topological polar surface area (TPSA) is 66.5 Å². The van der Waals surface area contributed by atoms with Crippen molar-refractivity contribution in [2.45, 2.75) is 13.0 Å². The predicted molar refractivity (Wildman–Crippen MR) is 84.7 cm³/mol. The third-order valence-corrected chi connectivity index (χ3v) is 3.99. The van der Waals surface area contributed by atoms with Crippen LogP contribution in [-0.4, -0.2) is 29.2 Å². The minimum atomic E-state index is -0.784. The van der Waals surface area contributed by atoms with E-state index in [0.29, 0.717) is 0 Å². The number of fused-ring (bicyclic) bond motifs is 1. The number of benzene rings is 2. The van der Waals surface area contributed by atoms with Crippen molar-refractivity contribution in [3.05, 3.63) is 70.8 Å². The minimum Gasteiger partial charge on any atom is -0.348 e. The van der Waals surface area contributed by atoms with Crippen LogP contribution in [0.4, 0.5) is 8.78 Å². The van der Waals surface area contributed by atoms with Crippen LogP contribution in [0.1, 0.15) is 39.2 Å². The van der Waals surface area contributed by atoms with Gasteiger partial charge in [-0.3, -0.25) is 19.3 Å². The Morgan fingerprint density at radius 2 is 1.68 bits per heavy atom. The average Bonchev–Trinajstić information content (AvgIpc) is 2.80. The van der Waals surface area contributed by atoms with Crippen LogP contribution in [0.25, 0.3) is 0 Å². The fraction of sp³-hybridized carbons (Fsp3) is 0.167. The first kappa shape index (κ1) is 16.8. The quantitative estimate of drug-likeness (QED) is 0.867. The zero-order valence-corrected chi connectivity index (χ0v) is 13.3. The van der Waals surface area contributed by atoms with Gasteiger partial charge in [-0.15, -0.1) is 0 Å². The number of amides is 3. The molecular formula is C18H14F2N2O3. The van der Waals surface area contributed by atoms with E-state index >= 15 is 0 Å². The van der Waals surface area contributed by atoms with Crippen LogP contribution in [0.2, 0.25) is 0 Å². The summed E-state index contributed by atoms with van der Waals surface area (Å²) in [5.41, 5.74) is 0.605. The zero-order chi connectivity index (χ0) is 18.1. The summed E-state index contributed by atoms with van der Waals surface area (Å²) in [6.07, 6.45) is 0. The molecule has 5 nitrogen and oxygen atoms in total. The number of carbonyl (C=O) groups is 3. The molecular weight excluding hydrogens is 330 g/mol. The maximum Gasteiger partial charge on any atom is 0.262 e. The Balaban J connectivity index is 1.69. The van der Waals surface area contributed by atoms with Gasteiger partial charge >= 0.3 is 0 Å². The number of carbonyl (C=O) groups excluding carboxylic acids is 3. The van der Waals surface area contributed by atoms with Gasteiger partial charge in [-0.25, -0.2) is 8.78 Å². The second-order valence-corrected chi connectivity index (χ2v) is 5.70. The van der Waals surface area contributed by atoms with E-state index in [2.05, 4.69) is 5.32 Å². The number of nitrogens with one attached hydrogen (secondary N) is 1. The molecule has 1 atom stereocenters. The summed E-state index contributed by atoms with van der Waals surface area (Å²) < 4.78 is 26.7. The summed E-state index contributed by atoms with van der Waals surface area (Å²) in [6, 6.07) is 8.60. The lowest BCUT2D eigenvalue weighted by Gasteiger charge is -2.18. The Labute approximate surface area is 142 Å². The first-order chi connectivity index (χ1) is 11.9. The highest BCUT2D eigenvalue weighted by Crippen LogP contribution is 2.22. The molecule has 0 aromatic heterocycles. The maximum atomic E-state index is 13.7. The van der Waals surface area contributed by atoms with Crippen molar-refractivity contribution in [1.29, 1.82) is 0 Å². The molecule has 128 valence electrons. The summed E-state index contributed by atoms with van der Waals surface area (Å²) in [4.78, 5) is 37.4. The fourth-order valence-electron chi connectivity index (χ4n) is 2.74. The number of nitrogens with zero attached hydrogens (tertiary/aromatic N) is 1. The molecule has 0 bridgehead atoms. The van der Waals surface area contributed by atoms with Crippen molar-refractivity contribution in [1.82, 2.24) is 10.2 Å². The number of imide groups is 1. The van der Waals surface area contributed by atoms with E-state index in [1.165, 1.54) is 25.1 Å². The fourth-order valence-corrected chi connectivity index (χ4v) is 2.74. The van der Waals surface area contributed by atoms with Crippen molar-refractivity contribution >= 4 is 17.7 Å². The van der Waals surface area contributed by atoms with E-state index in [4.69, 9.17) is 0 Å². The van der Waals surface area contributed by atoms with E-state index in [9.17, 15) is 23.2 Å². The molecule has 0 spiro atoms. The van der Waals surface area contributed by atoms with Gasteiger partial charge in [0.25, 0.3) is 11.8 Å². The highest BCUT2D eigenvalue weighted by Gasteiger charge is 2.36. The van der Waals surface area contributed by atoms with Crippen molar-refractivity contribution < 1.29 is 23.2 Å². The van der Waals surface area contributed by atoms with Crippen LogP contribution < -0.4 is 5.32 Å². The van der Waals surface area contributed by atoms with E-state index in [1.807, 2.05) is 0 Å². The lowest BCUT2D eigenvalue weighted by molar-refractivity contribution is -0.122. The Morgan fingerprint density at radius 3 is 2.24 bits per heavy atom. The molecule has 2 aromatic rings. The normalized spacial score (nSPS) is 14.4. The second-order valence-electron chi connectivity index (χ2n) is 5.70. The van der Waals surface area contributed by atoms with Gasteiger partial charge in [-0.1, -0.05) is 18.2 Å². The molecule has 1 N–H and O–H groups in total. The lowest BCUT2D eigenvalue weighted by atomic mass is 10.1. The smallest absolute Gasteiger partial charge is 0.262 e. The Kier molecular flexibility index (Phi) is 4.31. The van der Waals surface area contributed by atoms with Crippen LogP contribution in [0, 0.1) is 11.6 Å². The van der Waals surface area contributed by atoms with Crippen molar-refractivity contribution in [2.24, 2.45) is 0 Å². The summed E-state index contributed by atoms with van der Waals surface area (Å²) in [5.74, 6) is -3.21. The monoisotopic (exact) mass is 344 g/mol. The van der Waals surface area contributed by atoms with Crippen molar-refractivity contribution in [3.8, 4) is 0 Å². The second kappa shape index (κ2) is 6.43. The third-order valence-electron chi connectivity index (χ3n) is 3.99. The Hall–Kier alpha value is -3.09. The van der Waals surface area contributed by atoms with Gasteiger partial charge in [0.05, 0.1) is 17.2 Å². The molecule has 1 heterocycles. The van der Waals surface area contributed by atoms with Crippen LogP contribution in [-0.2, 0) is 4.79 Å². The Bertz CT molecular complexity index is 847. The van der Waals surface area contributed by atoms with Gasteiger partial charge in [0.15, 0.2) is 0 Å². The van der Waals surface area contributed by atoms with Crippen LogP contribution in [0.15, 0.2) is 42.5 Å². The predicted octanol–water partition coefficient (Wildman–Crippen LogP) is 2.44. The van der Waals surface area contributed by atoms with Crippen LogP contribution >= 0.6 is 0 Å². The number of halogens is 2. The first-order valence-corrected chi connectivity index (χ1v) is 7.58. The molecule has 1 unspecified atom stereocenters. The van der Waals surface area contributed by atoms with E-state index in [-0.39, 0.29) is 16.7 Å². The van der Waals surface area contributed by atoms with E-state index < -0.39 is 41.9 Å². The highest BCUT2D eigenvalue weighted by atomic mass is 19.1. The van der Waals surface area contributed by atoms with Crippen LogP contribution in [0.3, 0.4) is 0 Å². The van der Waals surface area contributed by atoms with Gasteiger partial charge in [-0.2, -0.15) is 0 Å². The highest BCUT2D eigenvalue weighted by molar-refractivity contribution is 6.22. The van der Waals surface area contributed by atoms with Gasteiger partial charge in [0.2, 0.25) is 5.91 Å². The molecule has 0 radical (unpaired) electrons. The summed E-state index contributed by atoms with van der Waals surface area (Å²) in [5, 5.41) is 2.50. The number of hydrogen-bond donors (Lipinski definition) is 1. The van der Waals surface area contributed by atoms with Crippen LogP contribution in [0.5, 0.6) is 0 Å². The van der Waals surface area contributed by atoms with Crippen molar-refractivity contribution in [3.63, 3.8) is 0 Å². The van der Waals surface area contributed by atoms with Crippen molar-refractivity contribution in [2.75, 3.05) is 6.54 Å². The van der Waals surface area contributed by atoms with Gasteiger partial charge in [-0.05, 0) is 25.1 Å². The first-order valence-electron chi connectivity index (χ1n) is 7.58. The van der Waals surface area contributed by atoms with Gasteiger partial charge < -0.3 is 5.32 Å². The molecule has 0 saturated heterocycles. The minimum absolute atomic E-state index is 0.108. The average molecular weight is 344 g/mol. The molecule has 0 aliphatic carbocycles. The molecule has 0 saturated carbocycles. The van der Waals surface area contributed by atoms with Gasteiger partial charge in [0, 0.05) is 11.6 Å². The largest absolute Gasteiger partial charge is 0.348 e. The van der Waals surface area contributed by atoms with Gasteiger partial charge in [0.1, 0.15) is 18.2 Å². The Morgan fingerprint density at radius 1 is 1.08 bits per heavy atom. The molecule has 25 heavy (non-hydrogen) atoms. The van der Waals surface area contributed by atoms with E-state index in [1.54, 1.807) is 12.1 Å². The van der Waals surface area contributed by atoms with E-state index in [0.717, 1.165) is 17.0 Å². The molecule has 1 aliphatic heterocycles. The maximum absolute atomic E-state index is 13.7. The number of rotatable bonds is 4. The number of hydrogen-bond acceptors (Lipinski definition) is 3. The molecule has 1 aliphatic rings. The zero-order valence-electron chi connectivity index (χ0n) is 13.3. The standard InChI is InChI=1S/C18H14F2N2O3/c1-10(12-7-6-11(19)8-15(12)20)21-16(23)9-22-17(24)13-4-2-3-5-14(13)18(22)25/h2-8,10H,9H2,1H3,(H,21,23). The molecule has 3 rings (SSSR count). The molecule has 7 heteroatoms.